The van der Waals surface area contributed by atoms with Crippen molar-refractivity contribution in [2.24, 2.45) is 17.8 Å². The monoisotopic (exact) mass is 1390 g/mol. The molecule has 2 aromatic rings. The predicted octanol–water partition coefficient (Wildman–Crippen LogP) is 6.10. The van der Waals surface area contributed by atoms with E-state index in [0.29, 0.717) is 70.0 Å². The van der Waals surface area contributed by atoms with Gasteiger partial charge >= 0.3 is 0 Å². The summed E-state index contributed by atoms with van der Waals surface area (Å²) in [6.45, 7) is 13.3. The van der Waals surface area contributed by atoms with Crippen LogP contribution in [0.25, 0.3) is 0 Å². The maximum absolute atomic E-state index is 15.6. The van der Waals surface area contributed by atoms with Gasteiger partial charge in [-0.2, -0.15) is 0 Å². The van der Waals surface area contributed by atoms with E-state index in [1.165, 1.54) is 88.4 Å². The van der Waals surface area contributed by atoms with E-state index in [0.717, 1.165) is 37.0 Å². The molecule has 99 heavy (non-hydrogen) atoms. The average Bonchev–Trinajstić information content (AvgIpc) is 1.77. The van der Waals surface area contributed by atoms with Crippen LogP contribution in [0.1, 0.15) is 167 Å². The van der Waals surface area contributed by atoms with E-state index in [4.69, 9.17) is 0 Å². The van der Waals surface area contributed by atoms with Gasteiger partial charge in [-0.1, -0.05) is 89.6 Å². The maximum Gasteiger partial charge on any atom is 0.269 e. The van der Waals surface area contributed by atoms with Gasteiger partial charge in [0.1, 0.15) is 53.9 Å². The molecule has 1 spiro atoms. The van der Waals surface area contributed by atoms with Crippen molar-refractivity contribution in [1.82, 2.24) is 60.0 Å². The molecule has 0 unspecified atom stereocenters. The van der Waals surface area contributed by atoms with Crippen molar-refractivity contribution in [2.45, 2.75) is 224 Å². The van der Waals surface area contributed by atoms with Crippen LogP contribution in [0.15, 0.2) is 36.4 Å². The van der Waals surface area contributed by atoms with Crippen molar-refractivity contribution < 1.29 is 65.5 Å². The number of fused-ring (bicyclic) bond motifs is 2. The largest absolute Gasteiger partial charge is 0.351 e. The first-order valence-electron chi connectivity index (χ1n) is 35.8. The molecule has 3 N–H and O–H groups in total. The summed E-state index contributed by atoms with van der Waals surface area (Å²) in [5, 5.41) is 9.71. The molecule has 2 aliphatic carbocycles. The lowest BCUT2D eigenvalue weighted by Crippen LogP contribution is -2.65. The van der Waals surface area contributed by atoms with Gasteiger partial charge in [-0.3, -0.25) is 52.8 Å². The zero-order valence-electron chi connectivity index (χ0n) is 60.9. The lowest BCUT2D eigenvalue weighted by atomic mass is 9.90. The minimum Gasteiger partial charge on any atom is -0.351 e. The third-order valence-corrected chi connectivity index (χ3v) is 21.8. The summed E-state index contributed by atoms with van der Waals surface area (Å²) in [6, 6.07) is 0.0809. The van der Waals surface area contributed by atoms with Crippen LogP contribution in [-0.2, 0) is 60.8 Å². The smallest absolute Gasteiger partial charge is 0.269 e. The first kappa shape index (κ1) is 79.1. The van der Waals surface area contributed by atoms with Crippen molar-refractivity contribution in [3.63, 3.8) is 0 Å². The van der Waals surface area contributed by atoms with Gasteiger partial charge in [0.05, 0.1) is 24.1 Å². The van der Waals surface area contributed by atoms with E-state index >= 15 is 28.0 Å². The summed E-state index contributed by atoms with van der Waals surface area (Å²) in [5.74, 6) is -9.26. The quantitative estimate of drug-likeness (QED) is 0.193. The zero-order chi connectivity index (χ0) is 73.1. The number of rotatable bonds is 13. The Hall–Kier alpha value is -7.22. The van der Waals surface area contributed by atoms with Gasteiger partial charge in [0.2, 0.25) is 59.1 Å². The molecule has 10 atom stereocenters. The molecule has 26 heteroatoms. The van der Waals surface area contributed by atoms with Crippen LogP contribution in [0.2, 0.25) is 0 Å². The molecule has 10 amide bonds. The standard InChI is InChI=1S/C73H110F4N12O10/c1-15-46(6)62-70(97)83(11)47(7)66(93)89-35-31-55(89)69(96)88(16-2)58(39-48-27-25-45(5)26-28-48)68(95)82(10)43-59(90)79-51(30-29-49-37-53(74)61(64(76)77)54(75)38-49)42-87-34-21-24-52(87)41-78-73(32-19-20-33-73)72(99)86(14)63(50-22-17-18-23-50)71(98)85(13)57(67(94)81(8)9)40-60(91)84(12)56(36-44(3)4)65(92)80-62/h25-28,37-38,44,46-47,50-52,55-58,62-64,78H,15-24,29-36,39-43H2,1-14H3,(H,79,90)(H,80,92)/t46-,47-,51-,52-,55-,56-,57-,58-,62-,63-/m0/s1. The fourth-order valence-corrected chi connectivity index (χ4v) is 15.3. The molecule has 2 saturated carbocycles. The van der Waals surface area contributed by atoms with E-state index < -0.39 is 150 Å². The van der Waals surface area contributed by atoms with Crippen LogP contribution in [0.3, 0.4) is 0 Å². The Bertz CT molecular complexity index is 3180. The molecule has 22 nitrogen and oxygen atoms in total. The van der Waals surface area contributed by atoms with Gasteiger partial charge in [0.15, 0.2) is 0 Å². The molecule has 2 aromatic carbocycles. The van der Waals surface area contributed by atoms with Crippen LogP contribution in [0.4, 0.5) is 17.6 Å². The van der Waals surface area contributed by atoms with E-state index in [2.05, 4.69) is 20.9 Å². The van der Waals surface area contributed by atoms with Crippen LogP contribution in [0, 0.1) is 36.3 Å². The molecule has 5 aliphatic rings. The molecular weight excluding hydrogens is 1280 g/mol. The Labute approximate surface area is 582 Å². The summed E-state index contributed by atoms with van der Waals surface area (Å²) >= 11 is 0. The number of hydrogen-bond acceptors (Lipinski definition) is 12. The second-order valence-electron chi connectivity index (χ2n) is 29.4. The average molecular weight is 1390 g/mol. The number of benzene rings is 2. The number of carbonyl (C=O) groups excluding carboxylic acids is 10. The van der Waals surface area contributed by atoms with Crippen LogP contribution in [0.5, 0.6) is 0 Å². The summed E-state index contributed by atoms with van der Waals surface area (Å²) in [4.78, 5) is 162. The molecule has 7 rings (SSSR count). The number of hydrogen-bond donors (Lipinski definition) is 3. The normalized spacial score (nSPS) is 26.9. The van der Waals surface area contributed by atoms with E-state index in [1.807, 2.05) is 52.0 Å². The number of aryl methyl sites for hydroxylation is 2. The molecular formula is C73H110F4N12O10. The number of carbonyl (C=O) groups is 10. The third kappa shape index (κ3) is 18.9. The highest BCUT2D eigenvalue weighted by Crippen LogP contribution is 2.37. The van der Waals surface area contributed by atoms with Gasteiger partial charge in [0.25, 0.3) is 6.43 Å². The van der Waals surface area contributed by atoms with Gasteiger partial charge in [-0.05, 0) is 133 Å². The number of amides is 10. The van der Waals surface area contributed by atoms with Crippen LogP contribution < -0.4 is 16.0 Å². The molecule has 0 radical (unpaired) electrons. The van der Waals surface area contributed by atoms with Gasteiger partial charge in [-0.25, -0.2) is 17.6 Å². The van der Waals surface area contributed by atoms with Crippen LogP contribution in [-0.4, -0.2) is 252 Å². The predicted molar refractivity (Wildman–Crippen MR) is 367 cm³/mol. The number of nitrogens with one attached hydrogen (secondary N) is 3. The molecule has 3 aliphatic heterocycles. The molecule has 0 aromatic heterocycles. The van der Waals surface area contributed by atoms with Crippen molar-refractivity contribution in [1.29, 1.82) is 0 Å². The summed E-state index contributed by atoms with van der Waals surface area (Å²) in [6.07, 6.45) is 3.57. The Morgan fingerprint density at radius 1 is 0.717 bits per heavy atom. The van der Waals surface area contributed by atoms with Crippen molar-refractivity contribution >= 4 is 59.1 Å². The summed E-state index contributed by atoms with van der Waals surface area (Å²) in [7, 11) is 10.5. The van der Waals surface area contributed by atoms with Crippen molar-refractivity contribution in [2.75, 3.05) is 88.6 Å². The highest BCUT2D eigenvalue weighted by atomic mass is 19.3. The van der Waals surface area contributed by atoms with Gasteiger partial charge in [0, 0.05) is 94.0 Å². The Balaban J connectivity index is 1.28. The fraction of sp³-hybridized carbons (Fsp3) is 0.699. The molecule has 550 valence electrons. The van der Waals surface area contributed by atoms with E-state index in [1.54, 1.807) is 20.9 Å². The number of alkyl halides is 2. The summed E-state index contributed by atoms with van der Waals surface area (Å²) in [5.41, 5.74) is -0.706. The first-order chi connectivity index (χ1) is 46.7. The Morgan fingerprint density at radius 2 is 1.35 bits per heavy atom. The molecule has 3 heterocycles. The van der Waals surface area contributed by atoms with E-state index in [9.17, 15) is 37.5 Å². The molecule has 3 saturated heterocycles. The number of likely N-dealkylation sites (N-methyl/N-ethyl adjacent to an activating group) is 7. The first-order valence-corrected chi connectivity index (χ1v) is 35.8. The highest BCUT2D eigenvalue weighted by Gasteiger charge is 2.50. The van der Waals surface area contributed by atoms with Crippen molar-refractivity contribution in [3.8, 4) is 0 Å². The minimum absolute atomic E-state index is 0.0222. The fourth-order valence-electron chi connectivity index (χ4n) is 15.3. The Morgan fingerprint density at radius 3 is 1.92 bits per heavy atom. The topological polar surface area (TPSA) is 236 Å². The molecule has 0 bridgehead atoms. The third-order valence-electron chi connectivity index (χ3n) is 21.8. The lowest BCUT2D eigenvalue weighted by Gasteiger charge is -2.45. The number of nitrogens with zero attached hydrogens (tertiary/aromatic N) is 9. The minimum atomic E-state index is -3.39. The van der Waals surface area contributed by atoms with Gasteiger partial charge < -0.3 is 55.1 Å². The lowest BCUT2D eigenvalue weighted by molar-refractivity contribution is -0.160. The van der Waals surface area contributed by atoms with Gasteiger partial charge in [-0.15, -0.1) is 0 Å². The molecule has 5 fully saturated rings. The maximum atomic E-state index is 15.6. The van der Waals surface area contributed by atoms with Crippen molar-refractivity contribution in [3.05, 3.63) is 70.3 Å². The zero-order valence-corrected chi connectivity index (χ0v) is 60.9. The van der Waals surface area contributed by atoms with Crippen LogP contribution >= 0.6 is 0 Å². The number of halogens is 4. The summed E-state index contributed by atoms with van der Waals surface area (Å²) < 4.78 is 57.7. The second kappa shape index (κ2) is 34.9. The second-order valence-corrected chi connectivity index (χ2v) is 29.4. The highest BCUT2D eigenvalue weighted by molar-refractivity contribution is 5.99. The van der Waals surface area contributed by atoms with E-state index in [-0.39, 0.29) is 81.1 Å². The Kier molecular flexibility index (Phi) is 27.9. The SMILES string of the molecule is CC[C@H](C)[C@@H]1NC(=O)[C@H](CC(C)C)N(C)C(=O)C[C@@H](C(=O)N(C)C)N(C)C(=O)[C@H](C2CCCC2)N(C)C(=O)C2(CCCC2)NC[C@@H]2CCCN2C[C@H](CCc2cc(F)c(C(F)F)c(F)c2)NC(=O)CN(C)C(=O)[C@H](Cc2ccc(C)cc2)N(CC)C(=O)[C@@H]2CCN2C(=O)[C@H](C)N(C)C1=O.